The molecule has 2 atom stereocenters. The number of carbonyl (C=O) groups excluding carboxylic acids is 1. The molecule has 1 aromatic rings. The van der Waals surface area contributed by atoms with Crippen LogP contribution in [0.2, 0.25) is 0 Å². The van der Waals surface area contributed by atoms with Gasteiger partial charge in [-0.25, -0.2) is 0 Å². The number of benzene rings is 1. The van der Waals surface area contributed by atoms with Crippen molar-refractivity contribution in [3.63, 3.8) is 0 Å². The van der Waals surface area contributed by atoms with Gasteiger partial charge in [-0.15, -0.1) is 10.8 Å². The van der Waals surface area contributed by atoms with Gasteiger partial charge in [0.05, 0.1) is 23.6 Å². The highest BCUT2D eigenvalue weighted by Gasteiger charge is 2.44. The minimum Gasteiger partial charge on any atom is -0.464 e. The topological polar surface area (TPSA) is 110 Å². The number of hydrogen-bond acceptors (Lipinski definition) is 7. The average Bonchev–Trinajstić information content (AvgIpc) is 2.64. The van der Waals surface area contributed by atoms with Crippen molar-refractivity contribution in [3.8, 4) is 0 Å². The van der Waals surface area contributed by atoms with Crippen molar-refractivity contribution in [2.45, 2.75) is 24.0 Å². The molecular weight excluding hydrogens is 378 g/mol. The Morgan fingerprint density at radius 2 is 2.18 bits per heavy atom. The number of nitrogens with zero attached hydrogens (tertiary/aromatic N) is 1. The van der Waals surface area contributed by atoms with E-state index < -0.39 is 35.5 Å². The average molecular weight is 396 g/mol. The zero-order chi connectivity index (χ0) is 16.5. The minimum atomic E-state index is -3.32. The van der Waals surface area contributed by atoms with E-state index in [9.17, 15) is 19.0 Å². The van der Waals surface area contributed by atoms with Crippen LogP contribution in [0, 0.1) is 0 Å². The number of β-amino-alcohol motifs (C(OH)–C–C–N with tert-alkyl or cyclic N) is 1. The Kier molecular flexibility index (Phi) is 5.49. The maximum absolute atomic E-state index is 11.1. The molecule has 0 saturated carbocycles. The number of esters is 1. The van der Waals surface area contributed by atoms with Gasteiger partial charge in [0.25, 0.3) is 0 Å². The first-order chi connectivity index (χ1) is 10.3. The molecule has 0 spiro atoms. The summed E-state index contributed by atoms with van der Waals surface area (Å²) in [5.74, 6) is -0.484. The molecule has 0 aromatic heterocycles. The summed E-state index contributed by atoms with van der Waals surface area (Å²) in [7, 11) is -3.32. The van der Waals surface area contributed by atoms with E-state index in [1.54, 1.807) is 18.2 Å². The fourth-order valence-electron chi connectivity index (χ4n) is 2.35. The number of aliphatic hydroxyl groups excluding tert-OH is 2. The summed E-state index contributed by atoms with van der Waals surface area (Å²) < 4.78 is 28.0. The third-order valence-corrected chi connectivity index (χ3v) is 5.86. The van der Waals surface area contributed by atoms with E-state index in [1.807, 2.05) is 0 Å². The summed E-state index contributed by atoms with van der Waals surface area (Å²) in [4.78, 5) is 11.4. The van der Waals surface area contributed by atoms with E-state index in [1.165, 1.54) is 11.2 Å². The highest BCUT2D eigenvalue weighted by molar-refractivity contribution is 9.10. The Morgan fingerprint density at radius 3 is 2.77 bits per heavy atom. The van der Waals surface area contributed by atoms with Crippen LogP contribution in [0.15, 0.2) is 27.6 Å². The van der Waals surface area contributed by atoms with Crippen LogP contribution in [-0.4, -0.2) is 55.5 Å². The fraction of sp³-hybridized carbons (Fsp3) is 0.462. The van der Waals surface area contributed by atoms with Crippen LogP contribution in [0.25, 0.3) is 0 Å². The lowest BCUT2D eigenvalue weighted by Crippen LogP contribution is -2.37. The summed E-state index contributed by atoms with van der Waals surface area (Å²) in [5.41, 5.74) is 0.612. The lowest BCUT2D eigenvalue weighted by molar-refractivity contribution is -0.142. The van der Waals surface area contributed by atoms with Gasteiger partial charge in [-0.3, -0.25) is 13.9 Å². The van der Waals surface area contributed by atoms with E-state index >= 15 is 0 Å². The predicted octanol–water partition coefficient (Wildman–Crippen LogP) is 1.75. The van der Waals surface area contributed by atoms with Gasteiger partial charge in [0, 0.05) is 23.5 Å². The normalized spacial score (nSPS) is 22.9. The lowest BCUT2D eigenvalue weighted by atomic mass is 10.1. The molecule has 0 saturated heterocycles. The van der Waals surface area contributed by atoms with Crippen molar-refractivity contribution in [1.82, 2.24) is 4.31 Å². The predicted molar refractivity (Wildman–Crippen MR) is 84.4 cm³/mol. The first-order valence-corrected chi connectivity index (χ1v) is 8.83. The van der Waals surface area contributed by atoms with Crippen LogP contribution in [-0.2, 0) is 9.53 Å². The lowest BCUT2D eigenvalue weighted by Gasteiger charge is -2.40. The largest absolute Gasteiger partial charge is 0.464 e. The van der Waals surface area contributed by atoms with E-state index in [-0.39, 0.29) is 13.2 Å². The molecular formula is C13H18BrNO6S. The number of halogens is 1. The molecule has 4 N–H and O–H groups in total. The van der Waals surface area contributed by atoms with Crippen molar-refractivity contribution in [3.05, 3.63) is 28.2 Å². The maximum atomic E-state index is 11.1. The standard InChI is InChI=1S/C13H18BrNO6S/c1-8(17)21-7-12-11-4-9(14)2-3-13(11)22(19,20)15(12)5-10(18)6-16/h2-4,10,12,16,18-20H,5-7H2,1H3. The molecule has 0 radical (unpaired) electrons. The molecule has 1 aliphatic heterocycles. The highest BCUT2D eigenvalue weighted by Crippen LogP contribution is 2.63. The first kappa shape index (κ1) is 17.7. The highest BCUT2D eigenvalue weighted by atomic mass is 79.9. The van der Waals surface area contributed by atoms with Crippen molar-refractivity contribution in [1.29, 1.82) is 0 Å². The quantitative estimate of drug-likeness (QED) is 0.562. The molecule has 1 aliphatic rings. The van der Waals surface area contributed by atoms with E-state index in [2.05, 4.69) is 15.9 Å². The van der Waals surface area contributed by atoms with Crippen molar-refractivity contribution >= 4 is 32.7 Å². The van der Waals surface area contributed by atoms with Gasteiger partial charge in [0.2, 0.25) is 0 Å². The molecule has 2 rings (SSSR count). The Morgan fingerprint density at radius 1 is 1.50 bits per heavy atom. The molecule has 124 valence electrons. The maximum Gasteiger partial charge on any atom is 0.302 e. The van der Waals surface area contributed by atoms with E-state index in [4.69, 9.17) is 9.84 Å². The number of fused-ring (bicyclic) bond motifs is 1. The van der Waals surface area contributed by atoms with Crippen LogP contribution in [0.3, 0.4) is 0 Å². The Bertz CT molecular complexity index is 569. The van der Waals surface area contributed by atoms with Gasteiger partial charge >= 0.3 is 5.97 Å². The molecule has 22 heavy (non-hydrogen) atoms. The SMILES string of the molecule is CC(=O)OCC1c2cc(Br)ccc2S(O)(O)N1CC(O)CO. The van der Waals surface area contributed by atoms with Gasteiger partial charge in [-0.2, -0.15) is 4.31 Å². The van der Waals surface area contributed by atoms with E-state index in [0.717, 1.165) is 4.47 Å². The van der Waals surface area contributed by atoms with Gasteiger partial charge < -0.3 is 14.9 Å². The first-order valence-electron chi connectivity index (χ1n) is 6.54. The van der Waals surface area contributed by atoms with Gasteiger partial charge in [0.15, 0.2) is 0 Å². The Balaban J connectivity index is 2.39. The molecule has 1 aromatic carbocycles. The number of carbonyl (C=O) groups is 1. The second-order valence-corrected chi connectivity index (χ2v) is 7.82. The van der Waals surface area contributed by atoms with Crippen LogP contribution in [0.1, 0.15) is 18.5 Å². The molecule has 0 amide bonds. The second kappa shape index (κ2) is 6.83. The van der Waals surface area contributed by atoms with Gasteiger partial charge in [0.1, 0.15) is 6.61 Å². The second-order valence-electron chi connectivity index (χ2n) is 4.96. The summed E-state index contributed by atoms with van der Waals surface area (Å²) >= 11 is 3.32. The number of hydrogen-bond donors (Lipinski definition) is 4. The number of ether oxygens (including phenoxy) is 1. The van der Waals surface area contributed by atoms with Crippen molar-refractivity contribution in [2.75, 3.05) is 19.8 Å². The molecule has 0 aliphatic carbocycles. The molecule has 7 nitrogen and oxygen atoms in total. The van der Waals surface area contributed by atoms with Crippen LogP contribution in [0.4, 0.5) is 0 Å². The van der Waals surface area contributed by atoms with Crippen LogP contribution >= 0.6 is 26.7 Å². The minimum absolute atomic E-state index is 0.0766. The molecule has 0 fully saturated rings. The third-order valence-electron chi connectivity index (χ3n) is 3.35. The summed E-state index contributed by atoms with van der Waals surface area (Å²) in [6.07, 6.45) is -1.14. The Hall–Kier alpha value is -0.680. The Labute approximate surface area is 138 Å². The summed E-state index contributed by atoms with van der Waals surface area (Å²) in [5, 5.41) is 18.7. The summed E-state index contributed by atoms with van der Waals surface area (Å²) in [6.45, 7) is 0.526. The molecule has 9 heteroatoms. The van der Waals surface area contributed by atoms with Gasteiger partial charge in [-0.05, 0) is 18.2 Å². The molecule has 2 unspecified atom stereocenters. The zero-order valence-electron chi connectivity index (χ0n) is 11.8. The number of aliphatic hydroxyl groups is 2. The molecule has 1 heterocycles. The summed E-state index contributed by atoms with van der Waals surface area (Å²) in [6, 6.07) is 4.38. The fourth-order valence-corrected chi connectivity index (χ4v) is 4.66. The van der Waals surface area contributed by atoms with Crippen LogP contribution < -0.4 is 0 Å². The van der Waals surface area contributed by atoms with Crippen molar-refractivity contribution < 1.29 is 28.8 Å². The van der Waals surface area contributed by atoms with Gasteiger partial charge in [-0.1, -0.05) is 15.9 Å². The smallest absolute Gasteiger partial charge is 0.302 e. The number of rotatable bonds is 5. The van der Waals surface area contributed by atoms with Crippen LogP contribution in [0.5, 0.6) is 0 Å². The van der Waals surface area contributed by atoms with Crippen molar-refractivity contribution in [2.24, 2.45) is 0 Å². The van der Waals surface area contributed by atoms with E-state index in [0.29, 0.717) is 10.5 Å². The third kappa shape index (κ3) is 3.46. The zero-order valence-corrected chi connectivity index (χ0v) is 14.2. The molecule has 0 bridgehead atoms. The monoisotopic (exact) mass is 395 g/mol.